The fourth-order valence-corrected chi connectivity index (χ4v) is 7.71. The maximum absolute atomic E-state index is 6.51. The predicted octanol–water partition coefficient (Wildman–Crippen LogP) is 12.0. The number of para-hydroxylation sites is 2. The summed E-state index contributed by atoms with van der Waals surface area (Å²) in [5.74, 6) is 1.92. The van der Waals surface area contributed by atoms with Crippen LogP contribution in [-0.4, -0.2) is 16.6 Å². The molecule has 0 N–H and O–H groups in total. The van der Waals surface area contributed by atoms with Crippen LogP contribution < -0.4 is 14.5 Å². The molecule has 262 valence electrons. The predicted molar refractivity (Wildman–Crippen MR) is 214 cm³/mol. The van der Waals surface area contributed by atoms with Crippen LogP contribution >= 0.6 is 0 Å². The zero-order valence-corrected chi connectivity index (χ0v) is 31.2. The number of furan rings is 1. The summed E-state index contributed by atoms with van der Waals surface area (Å²) in [7, 11) is 2.05. The Kier molecular flexibility index (Phi) is 7.57. The molecule has 6 nitrogen and oxygen atoms in total. The molecule has 11 rings (SSSR count). The van der Waals surface area contributed by atoms with Crippen molar-refractivity contribution in [2.75, 3.05) is 16.8 Å². The quantitative estimate of drug-likeness (QED) is 0.161. The molecule has 0 atom stereocenters. The van der Waals surface area contributed by atoms with Gasteiger partial charge >= 0.3 is 0 Å². The van der Waals surface area contributed by atoms with Crippen molar-refractivity contribution in [2.45, 2.75) is 0 Å². The van der Waals surface area contributed by atoms with Gasteiger partial charge in [-0.05, 0) is 64.7 Å². The van der Waals surface area contributed by atoms with Gasteiger partial charge in [0.05, 0.1) is 0 Å². The van der Waals surface area contributed by atoms with Crippen molar-refractivity contribution in [3.63, 3.8) is 0 Å². The van der Waals surface area contributed by atoms with Gasteiger partial charge in [0.2, 0.25) is 0 Å². The molecule has 1 aliphatic rings. The van der Waals surface area contributed by atoms with E-state index in [2.05, 4.69) is 136 Å². The molecular weight excluding hydrogens is 848 g/mol. The van der Waals surface area contributed by atoms with Crippen molar-refractivity contribution < 1.29 is 30.2 Å². The Balaban J connectivity index is 0.00000361. The van der Waals surface area contributed by atoms with Gasteiger partial charge in [-0.1, -0.05) is 84.4 Å². The van der Waals surface area contributed by atoms with Crippen LogP contribution in [0.5, 0.6) is 11.5 Å². The van der Waals surface area contributed by atoms with E-state index in [1.54, 1.807) is 0 Å². The molecule has 54 heavy (non-hydrogen) atoms. The molecule has 7 heteroatoms. The number of hydrogen-bond acceptors (Lipinski definition) is 5. The maximum atomic E-state index is 6.51. The van der Waals surface area contributed by atoms with Crippen molar-refractivity contribution in [1.29, 1.82) is 0 Å². The van der Waals surface area contributed by atoms with Crippen LogP contribution in [0, 0.1) is 18.8 Å². The Morgan fingerprint density at radius 2 is 1.37 bits per heavy atom. The van der Waals surface area contributed by atoms with E-state index in [0.717, 1.165) is 83.1 Å². The Bertz CT molecular complexity index is 3060. The summed E-state index contributed by atoms with van der Waals surface area (Å²) in [5.41, 5.74) is 8.92. The van der Waals surface area contributed by atoms with E-state index in [4.69, 9.17) is 14.1 Å². The number of aromatic nitrogens is 2. The second kappa shape index (κ2) is 12.6. The first kappa shape index (κ1) is 32.3. The molecule has 0 unspecified atom stereocenters. The average molecular weight is 877 g/mol. The first-order valence-corrected chi connectivity index (χ1v) is 17.6. The molecule has 0 bridgehead atoms. The number of fused-ring (bicyclic) bond motifs is 8. The zero-order chi connectivity index (χ0) is 35.0. The molecule has 0 saturated heterocycles. The Labute approximate surface area is 325 Å². The fraction of sp³-hybridized carbons (Fsp3) is 0.0213. The van der Waals surface area contributed by atoms with Crippen LogP contribution in [0.25, 0.3) is 71.5 Å². The average Bonchev–Trinajstić information content (AvgIpc) is 3.85. The molecule has 0 aliphatic carbocycles. The number of pyridine rings is 1. The van der Waals surface area contributed by atoms with Gasteiger partial charge < -0.3 is 23.5 Å². The van der Waals surface area contributed by atoms with Gasteiger partial charge in [-0.2, -0.15) is 18.8 Å². The molecule has 0 amide bonds. The Morgan fingerprint density at radius 3 is 2.24 bits per heavy atom. The van der Waals surface area contributed by atoms with Gasteiger partial charge in [-0.25, -0.2) is 4.98 Å². The molecule has 10 aromatic rings. The molecule has 3 aromatic heterocycles. The topological polar surface area (TPSA) is 46.7 Å². The van der Waals surface area contributed by atoms with Gasteiger partial charge in [0.25, 0.3) is 0 Å². The second-order valence-corrected chi connectivity index (χ2v) is 13.4. The zero-order valence-electron chi connectivity index (χ0n) is 28.9. The number of nitrogens with zero attached hydrogens (tertiary/aromatic N) is 4. The third-order valence-corrected chi connectivity index (χ3v) is 10.2. The molecule has 0 saturated carbocycles. The fourth-order valence-electron chi connectivity index (χ4n) is 7.71. The monoisotopic (exact) mass is 876 g/mol. The van der Waals surface area contributed by atoms with Gasteiger partial charge in [0.15, 0.2) is 0 Å². The van der Waals surface area contributed by atoms with Crippen LogP contribution in [0.2, 0.25) is 0 Å². The smallest absolute Gasteiger partial charge is 0.140 e. The van der Waals surface area contributed by atoms with Crippen molar-refractivity contribution in [3.05, 3.63) is 171 Å². The molecule has 0 spiro atoms. The van der Waals surface area contributed by atoms with E-state index in [0.29, 0.717) is 11.5 Å². The normalized spacial score (nSPS) is 12.6. The summed E-state index contributed by atoms with van der Waals surface area (Å²) < 4.78 is 15.1. The summed E-state index contributed by atoms with van der Waals surface area (Å²) in [6.07, 6.45) is 1.92. The van der Waals surface area contributed by atoms with E-state index in [1.165, 1.54) is 5.39 Å². The number of anilines is 3. The summed E-state index contributed by atoms with van der Waals surface area (Å²) in [5, 5.41) is 6.49. The first-order chi connectivity index (χ1) is 26.1. The number of ether oxygens (including phenoxy) is 1. The second-order valence-electron chi connectivity index (χ2n) is 13.4. The molecule has 0 radical (unpaired) electrons. The van der Waals surface area contributed by atoms with Gasteiger partial charge in [0, 0.05) is 72.5 Å². The summed E-state index contributed by atoms with van der Waals surface area (Å²) in [4.78, 5) is 9.28. The number of rotatable bonds is 5. The number of benzene rings is 7. The largest absolute Gasteiger partial charge is 0.509 e. The van der Waals surface area contributed by atoms with Gasteiger partial charge in [-0.15, -0.1) is 41.4 Å². The minimum Gasteiger partial charge on any atom is -0.509 e. The molecule has 4 heterocycles. The van der Waals surface area contributed by atoms with E-state index < -0.39 is 0 Å². The van der Waals surface area contributed by atoms with Crippen molar-refractivity contribution >= 4 is 71.6 Å². The Hall–Kier alpha value is -6.36. The van der Waals surface area contributed by atoms with Crippen LogP contribution in [0.15, 0.2) is 156 Å². The van der Waals surface area contributed by atoms with Crippen molar-refractivity contribution in [3.8, 4) is 28.4 Å². The van der Waals surface area contributed by atoms with E-state index in [9.17, 15) is 0 Å². The summed E-state index contributed by atoms with van der Waals surface area (Å²) in [6.45, 7) is 2.06. The minimum absolute atomic E-state index is 0. The van der Waals surface area contributed by atoms with Gasteiger partial charge in [0.1, 0.15) is 17.0 Å². The van der Waals surface area contributed by atoms with Crippen LogP contribution in [0.4, 0.5) is 17.1 Å². The maximum Gasteiger partial charge on any atom is 0.140 e. The minimum atomic E-state index is 0. The first-order valence-electron chi connectivity index (χ1n) is 17.6. The SMILES string of the molecule is CN1[CH-]N(c2[c-]c(Oc3[c-]c4c(cc3)c3cc(-c5ccccc5)ccc3n4-c3cc4oc5cc6ccccc6cc5c4cn3)ccc2)c2ccccc21.[Pt]. The van der Waals surface area contributed by atoms with Crippen LogP contribution in [-0.2, 0) is 21.1 Å². The molecule has 7 aromatic carbocycles. The standard InChI is InChI=1S/C47H29N4O2.Pt/c1-49-29-50(43-17-8-7-16-42(43)49)34-14-9-15-35(25-34)52-36-19-20-37-38-22-33(30-10-3-2-4-11-30)18-21-41(38)51(44(37)26-36)47-27-46-40(28-48-47)39-23-31-12-5-6-13-32(31)24-45(39)53-46;/h2-24,27-29H,1H3;/q-3;. The van der Waals surface area contributed by atoms with Crippen molar-refractivity contribution in [2.24, 2.45) is 0 Å². The number of hydrogen-bond donors (Lipinski definition) is 0. The third kappa shape index (κ3) is 5.17. The van der Waals surface area contributed by atoms with E-state index >= 15 is 0 Å². The van der Waals surface area contributed by atoms with Gasteiger partial charge in [-0.3, -0.25) is 0 Å². The summed E-state index contributed by atoms with van der Waals surface area (Å²) >= 11 is 0. The van der Waals surface area contributed by atoms with E-state index in [1.807, 2.05) is 55.7 Å². The molecule has 1 aliphatic heterocycles. The van der Waals surface area contributed by atoms with E-state index in [-0.39, 0.29) is 21.1 Å². The van der Waals surface area contributed by atoms with Crippen LogP contribution in [0.1, 0.15) is 0 Å². The molecular formula is C47H29N4O2Pt-3. The molecule has 0 fully saturated rings. The third-order valence-electron chi connectivity index (χ3n) is 10.2. The Morgan fingerprint density at radius 1 is 0.611 bits per heavy atom. The summed E-state index contributed by atoms with van der Waals surface area (Å²) in [6, 6.07) is 57.2. The van der Waals surface area contributed by atoms with Crippen LogP contribution in [0.3, 0.4) is 0 Å². The van der Waals surface area contributed by atoms with Crippen molar-refractivity contribution in [1.82, 2.24) is 9.55 Å².